The number of halogens is 3. The second-order valence-electron chi connectivity index (χ2n) is 3.84. The molecule has 2 aromatic heterocycles. The van der Waals surface area contributed by atoms with E-state index in [0.717, 1.165) is 16.9 Å². The van der Waals surface area contributed by atoms with Crippen LogP contribution in [0.15, 0.2) is 24.5 Å². The summed E-state index contributed by atoms with van der Waals surface area (Å²) in [6, 6.07) is 2.40. The Hall–Kier alpha value is -1.82. The van der Waals surface area contributed by atoms with Crippen LogP contribution in [0.3, 0.4) is 0 Å². The normalized spacial score (nSPS) is 11.3. The van der Waals surface area contributed by atoms with Crippen LogP contribution in [-0.2, 0) is 6.42 Å². The number of aromatic amines is 1. The second kappa shape index (κ2) is 4.13. The largest absolute Gasteiger partial charge is 0.367 e. The molecular formula is C12H7F3N2S. The molecule has 0 unspecified atom stereocenters. The zero-order valence-corrected chi connectivity index (χ0v) is 9.82. The molecule has 0 spiro atoms. The van der Waals surface area contributed by atoms with Gasteiger partial charge in [-0.3, -0.25) is 0 Å². The van der Waals surface area contributed by atoms with Crippen molar-refractivity contribution in [3.05, 3.63) is 52.5 Å². The summed E-state index contributed by atoms with van der Waals surface area (Å²) in [6.07, 6.45) is 3.99. The van der Waals surface area contributed by atoms with E-state index in [2.05, 4.69) is 9.97 Å². The van der Waals surface area contributed by atoms with Gasteiger partial charge in [-0.05, 0) is 11.6 Å². The van der Waals surface area contributed by atoms with Crippen LogP contribution in [0.5, 0.6) is 0 Å². The smallest absolute Gasteiger partial charge is 0.186 e. The number of hydrogen-bond acceptors (Lipinski definition) is 2. The third-order valence-corrected chi connectivity index (χ3v) is 3.64. The van der Waals surface area contributed by atoms with Crippen molar-refractivity contribution in [2.24, 2.45) is 0 Å². The van der Waals surface area contributed by atoms with Crippen molar-refractivity contribution in [3.8, 4) is 0 Å². The first-order chi connectivity index (χ1) is 8.65. The Labute approximate surface area is 104 Å². The zero-order chi connectivity index (χ0) is 12.7. The number of benzene rings is 1. The lowest BCUT2D eigenvalue weighted by molar-refractivity contribution is 0.504. The summed E-state index contributed by atoms with van der Waals surface area (Å²) in [5.74, 6) is -3.08. The maximum atomic E-state index is 13.5. The van der Waals surface area contributed by atoms with Gasteiger partial charge in [0.15, 0.2) is 11.6 Å². The van der Waals surface area contributed by atoms with Gasteiger partial charge in [-0.15, -0.1) is 11.3 Å². The molecule has 0 bridgehead atoms. The quantitative estimate of drug-likeness (QED) is 0.706. The van der Waals surface area contributed by atoms with Gasteiger partial charge in [-0.1, -0.05) is 0 Å². The van der Waals surface area contributed by atoms with E-state index in [1.54, 1.807) is 12.4 Å². The molecule has 0 saturated carbocycles. The van der Waals surface area contributed by atoms with E-state index in [1.807, 2.05) is 6.07 Å². The van der Waals surface area contributed by atoms with Crippen LogP contribution in [0.1, 0.15) is 10.6 Å². The maximum Gasteiger partial charge on any atom is 0.186 e. The Balaban J connectivity index is 2.11. The highest BCUT2D eigenvalue weighted by atomic mass is 32.1. The number of nitrogens with one attached hydrogen (secondary N) is 1. The molecule has 0 saturated heterocycles. The lowest BCUT2D eigenvalue weighted by Crippen LogP contribution is -1.89. The minimum Gasteiger partial charge on any atom is -0.367 e. The summed E-state index contributed by atoms with van der Waals surface area (Å²) in [6.45, 7) is 0. The minimum absolute atomic E-state index is 0.0550. The van der Waals surface area contributed by atoms with Gasteiger partial charge in [0.05, 0.1) is 9.71 Å². The molecule has 0 atom stereocenters. The molecule has 0 aliphatic rings. The van der Waals surface area contributed by atoms with E-state index in [1.165, 1.54) is 0 Å². The summed E-state index contributed by atoms with van der Waals surface area (Å²) in [5, 5.41) is 0.549. The first kappa shape index (κ1) is 11.3. The highest BCUT2D eigenvalue weighted by Gasteiger charge is 2.17. The Morgan fingerprint density at radius 1 is 1.22 bits per heavy atom. The SMILES string of the molecule is Fc1cc(F)c2sc(Cc3cc[nH]c3)nc2c1F. The van der Waals surface area contributed by atoms with Crippen LogP contribution < -0.4 is 0 Å². The molecule has 92 valence electrons. The monoisotopic (exact) mass is 268 g/mol. The molecule has 0 amide bonds. The van der Waals surface area contributed by atoms with Gasteiger partial charge < -0.3 is 4.98 Å². The van der Waals surface area contributed by atoms with E-state index in [9.17, 15) is 13.2 Å². The summed E-state index contributed by atoms with van der Waals surface area (Å²) < 4.78 is 40.0. The Kier molecular flexibility index (Phi) is 2.59. The second-order valence-corrected chi connectivity index (χ2v) is 4.92. The van der Waals surface area contributed by atoms with Gasteiger partial charge in [0.2, 0.25) is 0 Å². The van der Waals surface area contributed by atoms with Crippen molar-refractivity contribution in [1.82, 2.24) is 9.97 Å². The zero-order valence-electron chi connectivity index (χ0n) is 9.01. The molecule has 2 nitrogen and oxygen atoms in total. The van der Waals surface area contributed by atoms with Crippen LogP contribution in [-0.4, -0.2) is 9.97 Å². The first-order valence-corrected chi connectivity index (χ1v) is 6.01. The Morgan fingerprint density at radius 2 is 2.06 bits per heavy atom. The standard InChI is InChI=1S/C12H7F3N2S/c13-7-4-8(14)12-11(10(7)15)17-9(18-12)3-6-1-2-16-5-6/h1-2,4-5,16H,3H2. The fourth-order valence-corrected chi connectivity index (χ4v) is 2.75. The van der Waals surface area contributed by atoms with Crippen molar-refractivity contribution < 1.29 is 13.2 Å². The molecular weight excluding hydrogens is 261 g/mol. The van der Waals surface area contributed by atoms with Gasteiger partial charge in [-0.25, -0.2) is 18.2 Å². The van der Waals surface area contributed by atoms with Crippen LogP contribution in [0, 0.1) is 17.5 Å². The third-order valence-electron chi connectivity index (χ3n) is 2.58. The predicted octanol–water partition coefficient (Wildman–Crippen LogP) is 3.63. The van der Waals surface area contributed by atoms with Crippen molar-refractivity contribution in [3.63, 3.8) is 0 Å². The molecule has 0 aliphatic carbocycles. The molecule has 2 heterocycles. The molecule has 0 fully saturated rings. The molecule has 6 heteroatoms. The lowest BCUT2D eigenvalue weighted by Gasteiger charge is -1.94. The van der Waals surface area contributed by atoms with Gasteiger partial charge in [0.25, 0.3) is 0 Å². The fourth-order valence-electron chi connectivity index (χ4n) is 1.75. The number of nitrogens with zero attached hydrogens (tertiary/aromatic N) is 1. The minimum atomic E-state index is -1.21. The van der Waals surface area contributed by atoms with Crippen molar-refractivity contribution in [2.75, 3.05) is 0 Å². The number of H-pyrrole nitrogens is 1. The van der Waals surface area contributed by atoms with Gasteiger partial charge in [0.1, 0.15) is 11.3 Å². The fraction of sp³-hybridized carbons (Fsp3) is 0.0833. The van der Waals surface area contributed by atoms with E-state index in [4.69, 9.17) is 0 Å². The molecule has 1 aromatic carbocycles. The summed E-state index contributed by atoms with van der Waals surface area (Å²) in [7, 11) is 0. The number of thiazole rings is 1. The van der Waals surface area contributed by atoms with E-state index in [0.29, 0.717) is 17.5 Å². The summed E-state index contributed by atoms with van der Waals surface area (Å²) in [5.41, 5.74) is 0.721. The lowest BCUT2D eigenvalue weighted by atomic mass is 10.2. The van der Waals surface area contributed by atoms with Crippen molar-refractivity contribution in [2.45, 2.75) is 6.42 Å². The molecule has 0 aliphatic heterocycles. The number of fused-ring (bicyclic) bond motifs is 1. The van der Waals surface area contributed by atoms with Gasteiger partial charge in [0, 0.05) is 24.9 Å². The highest BCUT2D eigenvalue weighted by molar-refractivity contribution is 7.18. The molecule has 3 rings (SSSR count). The number of rotatable bonds is 2. The molecule has 18 heavy (non-hydrogen) atoms. The number of hydrogen-bond donors (Lipinski definition) is 1. The molecule has 0 radical (unpaired) electrons. The van der Waals surface area contributed by atoms with Crippen LogP contribution in [0.25, 0.3) is 10.2 Å². The van der Waals surface area contributed by atoms with Crippen LogP contribution >= 0.6 is 11.3 Å². The maximum absolute atomic E-state index is 13.5. The topological polar surface area (TPSA) is 28.7 Å². The van der Waals surface area contributed by atoms with Crippen molar-refractivity contribution >= 4 is 21.6 Å². The highest BCUT2D eigenvalue weighted by Crippen LogP contribution is 2.29. The van der Waals surface area contributed by atoms with Crippen LogP contribution in [0.4, 0.5) is 13.2 Å². The predicted molar refractivity (Wildman–Crippen MR) is 63.1 cm³/mol. The van der Waals surface area contributed by atoms with Crippen LogP contribution in [0.2, 0.25) is 0 Å². The molecule has 3 aromatic rings. The van der Waals surface area contributed by atoms with E-state index >= 15 is 0 Å². The summed E-state index contributed by atoms with van der Waals surface area (Å²) >= 11 is 1.04. The third kappa shape index (κ3) is 1.78. The summed E-state index contributed by atoms with van der Waals surface area (Å²) in [4.78, 5) is 6.84. The average Bonchev–Trinajstić information content (AvgIpc) is 2.96. The average molecular weight is 268 g/mol. The van der Waals surface area contributed by atoms with Gasteiger partial charge >= 0.3 is 0 Å². The Bertz CT molecular complexity index is 704. The Morgan fingerprint density at radius 3 is 2.78 bits per heavy atom. The molecule has 1 N–H and O–H groups in total. The van der Waals surface area contributed by atoms with Gasteiger partial charge in [-0.2, -0.15) is 0 Å². The van der Waals surface area contributed by atoms with E-state index < -0.39 is 17.5 Å². The van der Waals surface area contributed by atoms with Crippen molar-refractivity contribution in [1.29, 1.82) is 0 Å². The number of aromatic nitrogens is 2. The first-order valence-electron chi connectivity index (χ1n) is 5.19. The van der Waals surface area contributed by atoms with E-state index in [-0.39, 0.29) is 10.2 Å².